The van der Waals surface area contributed by atoms with Gasteiger partial charge in [0, 0.05) is 17.6 Å². The molecule has 27 heavy (non-hydrogen) atoms. The van der Waals surface area contributed by atoms with Crippen molar-refractivity contribution in [3.63, 3.8) is 0 Å². The minimum Gasteiger partial charge on any atom is -0.497 e. The van der Waals surface area contributed by atoms with Crippen molar-refractivity contribution in [1.82, 2.24) is 4.98 Å². The van der Waals surface area contributed by atoms with Crippen LogP contribution in [0.3, 0.4) is 0 Å². The molecule has 0 radical (unpaired) electrons. The van der Waals surface area contributed by atoms with E-state index in [1.165, 1.54) is 7.11 Å². The van der Waals surface area contributed by atoms with Gasteiger partial charge in [-0.15, -0.1) is 0 Å². The van der Waals surface area contributed by atoms with Gasteiger partial charge in [-0.3, -0.25) is 4.79 Å². The molecule has 1 aliphatic rings. The molecule has 2 aromatic carbocycles. The van der Waals surface area contributed by atoms with E-state index in [2.05, 4.69) is 4.98 Å². The molecule has 0 spiro atoms. The summed E-state index contributed by atoms with van der Waals surface area (Å²) in [4.78, 5) is 30.9. The Morgan fingerprint density at radius 2 is 1.89 bits per heavy atom. The van der Waals surface area contributed by atoms with Gasteiger partial charge in [-0.1, -0.05) is 6.07 Å². The topological polar surface area (TPSA) is 68.7 Å². The molecule has 2 heterocycles. The molecule has 6 nitrogen and oxygen atoms in total. The maximum absolute atomic E-state index is 13.0. The van der Waals surface area contributed by atoms with Crippen LogP contribution in [0.2, 0.25) is 0 Å². The van der Waals surface area contributed by atoms with Crippen molar-refractivity contribution in [2.24, 2.45) is 0 Å². The number of hydrogen-bond donors (Lipinski definition) is 0. The number of carbonyl (C=O) groups is 2. The zero-order valence-corrected chi connectivity index (χ0v) is 15.1. The van der Waals surface area contributed by atoms with Gasteiger partial charge < -0.3 is 14.4 Å². The number of ether oxygens (including phenoxy) is 2. The van der Waals surface area contributed by atoms with Crippen LogP contribution in [0.15, 0.2) is 48.5 Å². The maximum Gasteiger partial charge on any atom is 0.337 e. The van der Waals surface area contributed by atoms with Crippen molar-refractivity contribution < 1.29 is 19.1 Å². The number of pyridine rings is 1. The summed E-state index contributed by atoms with van der Waals surface area (Å²) in [6, 6.07) is 14.4. The zero-order valence-electron chi connectivity index (χ0n) is 15.1. The maximum atomic E-state index is 13.0. The van der Waals surface area contributed by atoms with E-state index in [1.54, 1.807) is 36.3 Å². The fraction of sp³-hybridized carbons (Fsp3) is 0.190. The largest absolute Gasteiger partial charge is 0.497 e. The van der Waals surface area contributed by atoms with E-state index in [9.17, 15) is 9.59 Å². The van der Waals surface area contributed by atoms with Gasteiger partial charge in [-0.2, -0.15) is 0 Å². The van der Waals surface area contributed by atoms with Crippen LogP contribution in [-0.4, -0.2) is 37.6 Å². The Kier molecular flexibility index (Phi) is 4.24. The monoisotopic (exact) mass is 362 g/mol. The molecule has 0 atom stereocenters. The van der Waals surface area contributed by atoms with Gasteiger partial charge >= 0.3 is 5.97 Å². The fourth-order valence-corrected chi connectivity index (χ4v) is 3.35. The minimum absolute atomic E-state index is 0.155. The van der Waals surface area contributed by atoms with Gasteiger partial charge in [0.05, 0.1) is 25.3 Å². The van der Waals surface area contributed by atoms with Crippen LogP contribution < -0.4 is 9.64 Å². The molecule has 136 valence electrons. The fourth-order valence-electron chi connectivity index (χ4n) is 3.35. The van der Waals surface area contributed by atoms with Crippen molar-refractivity contribution in [2.45, 2.75) is 6.42 Å². The summed E-state index contributed by atoms with van der Waals surface area (Å²) in [6.45, 7) is 0.557. The Morgan fingerprint density at radius 1 is 1.04 bits per heavy atom. The standard InChI is InChI=1S/C21H18N2O4/c1-26-16-5-7-17-13(12-16)3-6-18(22-17)20(24)23-10-9-14-11-15(21(25)27-2)4-8-19(14)23/h3-8,11-12H,9-10H2,1-2H3. The van der Waals surface area contributed by atoms with Crippen LogP contribution in [0, 0.1) is 0 Å². The zero-order chi connectivity index (χ0) is 19.0. The molecule has 0 fully saturated rings. The molecular weight excluding hydrogens is 344 g/mol. The number of esters is 1. The highest BCUT2D eigenvalue weighted by atomic mass is 16.5. The van der Waals surface area contributed by atoms with Crippen molar-refractivity contribution in [3.05, 3.63) is 65.4 Å². The summed E-state index contributed by atoms with van der Waals surface area (Å²) < 4.78 is 9.98. The molecule has 1 amide bonds. The van der Waals surface area contributed by atoms with Crippen molar-refractivity contribution in [2.75, 3.05) is 25.7 Å². The van der Waals surface area contributed by atoms with Crippen LogP contribution in [0.1, 0.15) is 26.4 Å². The molecule has 0 aliphatic carbocycles. The normalized spacial score (nSPS) is 12.7. The molecule has 3 aromatic rings. The molecule has 0 saturated carbocycles. The van der Waals surface area contributed by atoms with E-state index in [-0.39, 0.29) is 11.9 Å². The predicted octanol–water partition coefficient (Wildman–Crippen LogP) is 3.23. The molecular formula is C21H18N2O4. The van der Waals surface area contributed by atoms with Gasteiger partial charge in [-0.05, 0) is 54.4 Å². The second-order valence-corrected chi connectivity index (χ2v) is 6.30. The van der Waals surface area contributed by atoms with Crippen molar-refractivity contribution in [3.8, 4) is 5.75 Å². The first-order chi connectivity index (χ1) is 13.1. The van der Waals surface area contributed by atoms with Crippen LogP contribution in [-0.2, 0) is 11.2 Å². The van der Waals surface area contributed by atoms with E-state index in [0.29, 0.717) is 24.2 Å². The summed E-state index contributed by atoms with van der Waals surface area (Å²) in [5, 5.41) is 0.912. The van der Waals surface area contributed by atoms with Gasteiger partial charge in [0.2, 0.25) is 0 Å². The highest BCUT2D eigenvalue weighted by Gasteiger charge is 2.27. The summed E-state index contributed by atoms with van der Waals surface area (Å²) in [6.07, 6.45) is 0.691. The molecule has 1 aromatic heterocycles. The molecule has 1 aliphatic heterocycles. The van der Waals surface area contributed by atoms with E-state index < -0.39 is 0 Å². The Balaban J connectivity index is 1.65. The number of carbonyl (C=O) groups excluding carboxylic acids is 2. The van der Waals surface area contributed by atoms with Crippen molar-refractivity contribution >= 4 is 28.5 Å². The quantitative estimate of drug-likeness (QED) is 0.669. The number of amides is 1. The summed E-state index contributed by atoms with van der Waals surface area (Å²) >= 11 is 0. The Bertz CT molecular complexity index is 1060. The lowest BCUT2D eigenvalue weighted by Gasteiger charge is -2.17. The summed E-state index contributed by atoms with van der Waals surface area (Å²) in [5.41, 5.74) is 3.38. The van der Waals surface area contributed by atoms with E-state index >= 15 is 0 Å². The number of rotatable bonds is 3. The van der Waals surface area contributed by atoms with E-state index in [0.717, 1.165) is 27.9 Å². The minimum atomic E-state index is -0.380. The lowest BCUT2D eigenvalue weighted by atomic mass is 10.1. The van der Waals surface area contributed by atoms with Crippen LogP contribution >= 0.6 is 0 Å². The van der Waals surface area contributed by atoms with Crippen LogP contribution in [0.4, 0.5) is 5.69 Å². The summed E-state index contributed by atoms with van der Waals surface area (Å²) in [7, 11) is 2.97. The van der Waals surface area contributed by atoms with E-state index in [1.807, 2.05) is 24.3 Å². The Labute approximate surface area is 156 Å². The second-order valence-electron chi connectivity index (χ2n) is 6.30. The smallest absolute Gasteiger partial charge is 0.337 e. The lowest BCUT2D eigenvalue weighted by Crippen LogP contribution is -2.29. The third-order valence-electron chi connectivity index (χ3n) is 4.76. The predicted molar refractivity (Wildman–Crippen MR) is 101 cm³/mol. The van der Waals surface area contributed by atoms with E-state index in [4.69, 9.17) is 9.47 Å². The molecule has 6 heteroatoms. The number of aromatic nitrogens is 1. The highest BCUT2D eigenvalue weighted by Crippen LogP contribution is 2.30. The summed E-state index contributed by atoms with van der Waals surface area (Å²) in [5.74, 6) is 0.213. The third kappa shape index (κ3) is 2.99. The molecule has 0 N–H and O–H groups in total. The lowest BCUT2D eigenvalue weighted by molar-refractivity contribution is 0.0600. The molecule has 0 bridgehead atoms. The van der Waals surface area contributed by atoms with Gasteiger partial charge in [0.1, 0.15) is 11.4 Å². The molecule has 4 rings (SSSR count). The number of fused-ring (bicyclic) bond motifs is 2. The second kappa shape index (κ2) is 6.72. The van der Waals surface area contributed by atoms with Crippen molar-refractivity contribution in [1.29, 1.82) is 0 Å². The number of nitrogens with zero attached hydrogens (tertiary/aromatic N) is 2. The SMILES string of the molecule is COC(=O)c1ccc2c(c1)CCN2C(=O)c1ccc2cc(OC)ccc2n1. The van der Waals surface area contributed by atoms with Gasteiger partial charge in [0.15, 0.2) is 0 Å². The number of hydrogen-bond acceptors (Lipinski definition) is 5. The number of benzene rings is 2. The molecule has 0 saturated heterocycles. The van der Waals surface area contributed by atoms with Gasteiger partial charge in [0.25, 0.3) is 5.91 Å². The van der Waals surface area contributed by atoms with Crippen LogP contribution in [0.25, 0.3) is 10.9 Å². The Hall–Kier alpha value is -3.41. The Morgan fingerprint density at radius 3 is 2.67 bits per heavy atom. The first-order valence-corrected chi connectivity index (χ1v) is 8.58. The third-order valence-corrected chi connectivity index (χ3v) is 4.76. The first-order valence-electron chi connectivity index (χ1n) is 8.58. The first kappa shape index (κ1) is 17.0. The average Bonchev–Trinajstić information content (AvgIpc) is 3.14. The van der Waals surface area contributed by atoms with Gasteiger partial charge in [-0.25, -0.2) is 9.78 Å². The highest BCUT2D eigenvalue weighted by molar-refractivity contribution is 6.07. The number of anilines is 1. The van der Waals surface area contributed by atoms with Crippen LogP contribution in [0.5, 0.6) is 5.75 Å². The number of methoxy groups -OCH3 is 2. The molecule has 0 unspecified atom stereocenters. The average molecular weight is 362 g/mol.